The number of nitrogens with one attached hydrogen (secondary N) is 1. The topological polar surface area (TPSA) is 58.6 Å². The molecule has 0 unspecified atom stereocenters. The van der Waals surface area contributed by atoms with Gasteiger partial charge >= 0.3 is 6.09 Å². The number of piperidine rings is 1. The second-order valence-corrected chi connectivity index (χ2v) is 5.47. The smallest absolute Gasteiger partial charge is 0.409 e. The third-order valence-electron chi connectivity index (χ3n) is 2.80. The van der Waals surface area contributed by atoms with Crippen molar-refractivity contribution in [2.75, 3.05) is 20.2 Å². The van der Waals surface area contributed by atoms with Gasteiger partial charge in [-0.25, -0.2) is 4.79 Å². The Morgan fingerprint density at radius 2 is 1.76 bits per heavy atom. The van der Waals surface area contributed by atoms with Crippen LogP contribution in [-0.4, -0.2) is 42.6 Å². The molecule has 0 aromatic heterocycles. The lowest BCUT2D eigenvalue weighted by molar-refractivity contribution is -0.127. The maximum absolute atomic E-state index is 11.9. The van der Waals surface area contributed by atoms with E-state index in [2.05, 4.69) is 10.1 Å². The Morgan fingerprint density at radius 3 is 2.18 bits per heavy atom. The van der Waals surface area contributed by atoms with Gasteiger partial charge in [0.05, 0.1) is 7.11 Å². The lowest BCUT2D eigenvalue weighted by Gasteiger charge is -2.32. The third-order valence-corrected chi connectivity index (χ3v) is 2.80. The molecule has 0 atom stereocenters. The molecular formula is C12H22N2O3. The Balaban J connectivity index is 2.42. The first-order chi connectivity index (χ1) is 7.83. The molecule has 0 aromatic rings. The minimum atomic E-state index is -0.306. The fourth-order valence-electron chi connectivity index (χ4n) is 1.93. The van der Waals surface area contributed by atoms with E-state index in [9.17, 15) is 9.59 Å². The zero-order valence-corrected chi connectivity index (χ0v) is 11.1. The average Bonchev–Trinajstić information content (AvgIpc) is 2.26. The number of carbonyl (C=O) groups excluding carboxylic acids is 2. The summed E-state index contributed by atoms with van der Waals surface area (Å²) in [4.78, 5) is 24.8. The molecule has 1 N–H and O–H groups in total. The molecular weight excluding hydrogens is 220 g/mol. The number of methoxy groups -OCH3 is 1. The summed E-state index contributed by atoms with van der Waals surface area (Å²) in [5.74, 6) is 0.0946. The molecule has 0 radical (unpaired) electrons. The van der Waals surface area contributed by atoms with Crippen molar-refractivity contribution in [2.45, 2.75) is 39.2 Å². The van der Waals surface area contributed by atoms with Gasteiger partial charge in [0.2, 0.25) is 5.91 Å². The van der Waals surface area contributed by atoms with Crippen molar-refractivity contribution in [3.63, 3.8) is 0 Å². The van der Waals surface area contributed by atoms with Crippen molar-refractivity contribution in [2.24, 2.45) is 5.92 Å². The highest BCUT2D eigenvalue weighted by molar-refractivity contribution is 5.79. The van der Waals surface area contributed by atoms with E-state index in [1.807, 2.05) is 20.8 Å². The largest absolute Gasteiger partial charge is 0.453 e. The highest BCUT2D eigenvalue weighted by Crippen LogP contribution is 2.18. The summed E-state index contributed by atoms with van der Waals surface area (Å²) in [6.45, 7) is 7.08. The first-order valence-electron chi connectivity index (χ1n) is 5.98. The molecule has 98 valence electrons. The SMILES string of the molecule is COC(=O)N1CCC(C(=O)NC(C)(C)C)CC1. The van der Waals surface area contributed by atoms with Crippen molar-refractivity contribution in [3.8, 4) is 0 Å². The van der Waals surface area contributed by atoms with Gasteiger partial charge in [-0.1, -0.05) is 0 Å². The van der Waals surface area contributed by atoms with Crippen LogP contribution in [0.25, 0.3) is 0 Å². The first-order valence-corrected chi connectivity index (χ1v) is 5.98. The molecule has 0 aliphatic carbocycles. The van der Waals surface area contributed by atoms with E-state index in [0.29, 0.717) is 25.9 Å². The molecule has 1 fully saturated rings. The highest BCUT2D eigenvalue weighted by atomic mass is 16.5. The Bertz CT molecular complexity index is 289. The second kappa shape index (κ2) is 5.38. The molecule has 1 saturated heterocycles. The van der Waals surface area contributed by atoms with E-state index < -0.39 is 0 Å². The number of likely N-dealkylation sites (tertiary alicyclic amines) is 1. The summed E-state index contributed by atoms with van der Waals surface area (Å²) in [5.41, 5.74) is -0.198. The third kappa shape index (κ3) is 4.24. The molecule has 1 rings (SSSR count). The normalized spacial score (nSPS) is 17.8. The number of amides is 2. The van der Waals surface area contributed by atoms with Gasteiger partial charge in [0.1, 0.15) is 0 Å². The Morgan fingerprint density at radius 1 is 1.24 bits per heavy atom. The van der Waals surface area contributed by atoms with Gasteiger partial charge in [-0.3, -0.25) is 4.79 Å². The molecule has 1 heterocycles. The molecule has 1 aliphatic rings. The van der Waals surface area contributed by atoms with Crippen LogP contribution < -0.4 is 5.32 Å². The van der Waals surface area contributed by atoms with Crippen LogP contribution in [0.5, 0.6) is 0 Å². The lowest BCUT2D eigenvalue weighted by Crippen LogP contribution is -2.47. The van der Waals surface area contributed by atoms with Crippen molar-refractivity contribution >= 4 is 12.0 Å². The molecule has 17 heavy (non-hydrogen) atoms. The zero-order valence-electron chi connectivity index (χ0n) is 11.1. The van der Waals surface area contributed by atoms with E-state index in [4.69, 9.17) is 0 Å². The number of rotatable bonds is 1. The number of ether oxygens (including phenoxy) is 1. The standard InChI is InChI=1S/C12H22N2O3/c1-12(2,3)13-10(15)9-5-7-14(8-6-9)11(16)17-4/h9H,5-8H2,1-4H3,(H,13,15). The van der Waals surface area contributed by atoms with Crippen molar-refractivity contribution in [3.05, 3.63) is 0 Å². The van der Waals surface area contributed by atoms with Crippen molar-refractivity contribution in [1.29, 1.82) is 0 Å². The average molecular weight is 242 g/mol. The van der Waals surface area contributed by atoms with Crippen LogP contribution >= 0.6 is 0 Å². The van der Waals surface area contributed by atoms with Gasteiger partial charge in [-0.15, -0.1) is 0 Å². The molecule has 5 heteroatoms. The van der Waals surface area contributed by atoms with Gasteiger partial charge in [0.15, 0.2) is 0 Å². The molecule has 0 saturated carbocycles. The predicted octanol–water partition coefficient (Wildman–Crippen LogP) is 1.38. The fraction of sp³-hybridized carbons (Fsp3) is 0.833. The molecule has 1 aliphatic heterocycles. The quantitative estimate of drug-likeness (QED) is 0.755. The number of carbonyl (C=O) groups is 2. The molecule has 5 nitrogen and oxygen atoms in total. The van der Waals surface area contributed by atoms with E-state index in [-0.39, 0.29) is 23.5 Å². The van der Waals surface area contributed by atoms with Gasteiger partial charge < -0.3 is 15.0 Å². The Kier molecular flexibility index (Phi) is 4.37. The molecule has 0 aromatic carbocycles. The number of hydrogen-bond donors (Lipinski definition) is 1. The van der Waals surface area contributed by atoms with E-state index in [0.717, 1.165) is 0 Å². The summed E-state index contributed by atoms with van der Waals surface area (Å²) in [5, 5.41) is 2.97. The van der Waals surface area contributed by atoms with Gasteiger partial charge in [0, 0.05) is 24.5 Å². The van der Waals surface area contributed by atoms with Gasteiger partial charge in [0.25, 0.3) is 0 Å². The highest BCUT2D eigenvalue weighted by Gasteiger charge is 2.29. The fourth-order valence-corrected chi connectivity index (χ4v) is 1.93. The molecule has 0 bridgehead atoms. The van der Waals surface area contributed by atoms with Crippen LogP contribution in [-0.2, 0) is 9.53 Å². The van der Waals surface area contributed by atoms with E-state index in [1.165, 1.54) is 7.11 Å². The molecule has 2 amide bonds. The van der Waals surface area contributed by atoms with E-state index >= 15 is 0 Å². The van der Waals surface area contributed by atoms with Crippen LogP contribution in [0.1, 0.15) is 33.6 Å². The summed E-state index contributed by atoms with van der Waals surface area (Å²) in [6.07, 6.45) is 1.10. The van der Waals surface area contributed by atoms with Crippen LogP contribution in [0.2, 0.25) is 0 Å². The lowest BCUT2D eigenvalue weighted by atomic mass is 9.95. The van der Waals surface area contributed by atoms with Crippen LogP contribution in [0.15, 0.2) is 0 Å². The number of nitrogens with zero attached hydrogens (tertiary/aromatic N) is 1. The summed E-state index contributed by atoms with van der Waals surface area (Å²) >= 11 is 0. The summed E-state index contributed by atoms with van der Waals surface area (Å²) in [7, 11) is 1.38. The maximum atomic E-state index is 11.9. The monoisotopic (exact) mass is 242 g/mol. The van der Waals surface area contributed by atoms with E-state index in [1.54, 1.807) is 4.90 Å². The van der Waals surface area contributed by atoms with Crippen molar-refractivity contribution < 1.29 is 14.3 Å². The minimum Gasteiger partial charge on any atom is -0.453 e. The zero-order chi connectivity index (χ0) is 13.1. The Labute approximate surface area is 102 Å². The van der Waals surface area contributed by atoms with Gasteiger partial charge in [-0.05, 0) is 33.6 Å². The summed E-state index contributed by atoms with van der Waals surface area (Å²) < 4.78 is 4.65. The second-order valence-electron chi connectivity index (χ2n) is 5.47. The van der Waals surface area contributed by atoms with Crippen LogP contribution in [0.4, 0.5) is 4.79 Å². The van der Waals surface area contributed by atoms with Crippen LogP contribution in [0, 0.1) is 5.92 Å². The van der Waals surface area contributed by atoms with Gasteiger partial charge in [-0.2, -0.15) is 0 Å². The predicted molar refractivity (Wildman–Crippen MR) is 64.6 cm³/mol. The first kappa shape index (κ1) is 13.8. The van der Waals surface area contributed by atoms with Crippen molar-refractivity contribution in [1.82, 2.24) is 10.2 Å². The maximum Gasteiger partial charge on any atom is 0.409 e. The van der Waals surface area contributed by atoms with Crippen LogP contribution in [0.3, 0.4) is 0 Å². The summed E-state index contributed by atoms with van der Waals surface area (Å²) in [6, 6.07) is 0. The number of hydrogen-bond acceptors (Lipinski definition) is 3. The molecule has 0 spiro atoms. The Hall–Kier alpha value is -1.26. The minimum absolute atomic E-state index is 0.00938.